The predicted octanol–water partition coefficient (Wildman–Crippen LogP) is 1.89. The Labute approximate surface area is 112 Å². The average Bonchev–Trinajstić information content (AvgIpc) is 2.69. The highest BCUT2D eigenvalue weighted by atomic mass is 16.2. The number of nitrogens with zero attached hydrogens (tertiary/aromatic N) is 4. The van der Waals surface area contributed by atoms with Gasteiger partial charge < -0.3 is 4.90 Å². The molecule has 0 spiro atoms. The first-order valence-electron chi connectivity index (χ1n) is 6.13. The summed E-state index contributed by atoms with van der Waals surface area (Å²) in [6, 6.07) is 6.05. The van der Waals surface area contributed by atoms with Gasteiger partial charge in [0.25, 0.3) is 5.91 Å². The van der Waals surface area contributed by atoms with Crippen LogP contribution in [0, 0.1) is 20.8 Å². The number of benzene rings is 1. The van der Waals surface area contributed by atoms with Crippen molar-refractivity contribution in [1.82, 2.24) is 19.9 Å². The molecule has 0 aliphatic rings. The molecule has 1 amide bonds. The Hall–Kier alpha value is -2.17. The van der Waals surface area contributed by atoms with Gasteiger partial charge in [0.05, 0.1) is 11.4 Å². The first kappa shape index (κ1) is 13.3. The first-order chi connectivity index (χ1) is 8.90. The molecule has 5 nitrogen and oxygen atoms in total. The van der Waals surface area contributed by atoms with Crippen LogP contribution in [-0.2, 0) is 0 Å². The van der Waals surface area contributed by atoms with E-state index in [4.69, 9.17) is 0 Å². The Morgan fingerprint density at radius 2 is 1.84 bits per heavy atom. The van der Waals surface area contributed by atoms with Crippen molar-refractivity contribution in [2.75, 3.05) is 14.1 Å². The van der Waals surface area contributed by atoms with Crippen molar-refractivity contribution in [3.8, 4) is 5.69 Å². The summed E-state index contributed by atoms with van der Waals surface area (Å²) in [5.41, 5.74) is 4.20. The molecule has 0 bridgehead atoms. The third-order valence-electron chi connectivity index (χ3n) is 2.96. The lowest BCUT2D eigenvalue weighted by Crippen LogP contribution is -2.23. The number of aromatic nitrogens is 3. The molecular formula is C14H18N4O. The summed E-state index contributed by atoms with van der Waals surface area (Å²) < 4.78 is 0. The van der Waals surface area contributed by atoms with Crippen LogP contribution in [0.25, 0.3) is 5.69 Å². The molecule has 100 valence electrons. The van der Waals surface area contributed by atoms with Gasteiger partial charge in [0.2, 0.25) is 0 Å². The Kier molecular flexibility index (Phi) is 3.38. The fourth-order valence-corrected chi connectivity index (χ4v) is 1.93. The second-order valence-corrected chi connectivity index (χ2v) is 4.91. The summed E-state index contributed by atoms with van der Waals surface area (Å²) >= 11 is 0. The maximum atomic E-state index is 12.0. The van der Waals surface area contributed by atoms with Crippen molar-refractivity contribution in [1.29, 1.82) is 0 Å². The fraction of sp³-hybridized carbons (Fsp3) is 0.357. The van der Waals surface area contributed by atoms with Crippen molar-refractivity contribution in [2.24, 2.45) is 0 Å². The molecule has 0 saturated heterocycles. The minimum Gasteiger partial charge on any atom is -0.343 e. The van der Waals surface area contributed by atoms with Gasteiger partial charge in [-0.05, 0) is 32.4 Å². The summed E-state index contributed by atoms with van der Waals surface area (Å²) in [6.07, 6.45) is 0. The minimum atomic E-state index is -0.131. The largest absolute Gasteiger partial charge is 0.343 e. The van der Waals surface area contributed by atoms with Crippen LogP contribution in [0.15, 0.2) is 18.2 Å². The zero-order valence-corrected chi connectivity index (χ0v) is 11.9. The van der Waals surface area contributed by atoms with Gasteiger partial charge in [-0.15, -0.1) is 5.10 Å². The van der Waals surface area contributed by atoms with Gasteiger partial charge in [0.1, 0.15) is 0 Å². The van der Waals surface area contributed by atoms with E-state index in [1.165, 1.54) is 15.3 Å². The highest BCUT2D eigenvalue weighted by Crippen LogP contribution is 2.15. The second kappa shape index (κ2) is 4.84. The third-order valence-corrected chi connectivity index (χ3v) is 2.96. The van der Waals surface area contributed by atoms with E-state index in [1.54, 1.807) is 21.0 Å². The minimum absolute atomic E-state index is 0.131. The molecule has 0 fully saturated rings. The predicted molar refractivity (Wildman–Crippen MR) is 73.6 cm³/mol. The zero-order valence-electron chi connectivity index (χ0n) is 11.9. The van der Waals surface area contributed by atoms with E-state index in [1.807, 2.05) is 26.0 Å². The van der Waals surface area contributed by atoms with Gasteiger partial charge in [-0.3, -0.25) is 4.79 Å². The Balaban J connectivity index is 2.48. The Bertz CT molecular complexity index is 628. The number of amides is 1. The molecule has 5 heteroatoms. The molecule has 0 aliphatic carbocycles. The first-order valence-corrected chi connectivity index (χ1v) is 6.13. The van der Waals surface area contributed by atoms with E-state index in [0.717, 1.165) is 11.3 Å². The molecule has 1 aromatic heterocycles. The lowest BCUT2D eigenvalue weighted by molar-refractivity contribution is 0.0821. The van der Waals surface area contributed by atoms with E-state index >= 15 is 0 Å². The summed E-state index contributed by atoms with van der Waals surface area (Å²) in [5, 5.41) is 8.64. The molecule has 0 unspecified atom stereocenters. The highest BCUT2D eigenvalue weighted by molar-refractivity contribution is 5.92. The van der Waals surface area contributed by atoms with E-state index in [0.29, 0.717) is 11.4 Å². The highest BCUT2D eigenvalue weighted by Gasteiger charge is 2.18. The summed E-state index contributed by atoms with van der Waals surface area (Å²) in [7, 11) is 3.41. The maximum absolute atomic E-state index is 12.0. The number of hydrogen-bond acceptors (Lipinski definition) is 3. The van der Waals surface area contributed by atoms with Crippen molar-refractivity contribution in [3.63, 3.8) is 0 Å². The summed E-state index contributed by atoms with van der Waals surface area (Å²) in [6.45, 7) is 5.85. The zero-order chi connectivity index (χ0) is 14.2. The van der Waals surface area contributed by atoms with Crippen LogP contribution in [-0.4, -0.2) is 39.9 Å². The lowest BCUT2D eigenvalue weighted by Gasteiger charge is -2.07. The summed E-state index contributed by atoms with van der Waals surface area (Å²) in [4.78, 5) is 15.0. The normalized spacial score (nSPS) is 10.6. The van der Waals surface area contributed by atoms with Gasteiger partial charge in [0.15, 0.2) is 5.69 Å². The number of hydrogen-bond donors (Lipinski definition) is 0. The number of aryl methyl sites for hydroxylation is 3. The van der Waals surface area contributed by atoms with Crippen LogP contribution in [0.3, 0.4) is 0 Å². The molecule has 0 N–H and O–H groups in total. The Morgan fingerprint density at radius 1 is 1.16 bits per heavy atom. The molecule has 0 radical (unpaired) electrons. The van der Waals surface area contributed by atoms with Gasteiger partial charge in [-0.25, -0.2) is 0 Å². The molecule has 1 heterocycles. The molecule has 0 aliphatic heterocycles. The molecule has 19 heavy (non-hydrogen) atoms. The molecular weight excluding hydrogens is 240 g/mol. The van der Waals surface area contributed by atoms with Gasteiger partial charge in [-0.2, -0.15) is 9.90 Å². The molecule has 2 aromatic rings. The fourth-order valence-electron chi connectivity index (χ4n) is 1.93. The third kappa shape index (κ3) is 2.50. The monoisotopic (exact) mass is 258 g/mol. The van der Waals surface area contributed by atoms with Crippen LogP contribution in [0.5, 0.6) is 0 Å². The maximum Gasteiger partial charge on any atom is 0.275 e. The van der Waals surface area contributed by atoms with E-state index < -0.39 is 0 Å². The smallest absolute Gasteiger partial charge is 0.275 e. The van der Waals surface area contributed by atoms with Crippen LogP contribution in [0.1, 0.15) is 27.3 Å². The topological polar surface area (TPSA) is 51.0 Å². The van der Waals surface area contributed by atoms with Crippen LogP contribution < -0.4 is 0 Å². The van der Waals surface area contributed by atoms with Crippen molar-refractivity contribution in [3.05, 3.63) is 40.7 Å². The van der Waals surface area contributed by atoms with E-state index in [9.17, 15) is 4.79 Å². The van der Waals surface area contributed by atoms with Gasteiger partial charge in [-0.1, -0.05) is 17.7 Å². The Morgan fingerprint density at radius 3 is 2.42 bits per heavy atom. The standard InChI is InChI=1S/C14H18N4O/c1-9-6-7-12(10(2)8-9)18-15-11(3)13(16-18)14(19)17(4)5/h6-8H,1-5H3. The van der Waals surface area contributed by atoms with Gasteiger partial charge in [0, 0.05) is 14.1 Å². The van der Waals surface area contributed by atoms with E-state index in [-0.39, 0.29) is 5.91 Å². The summed E-state index contributed by atoms with van der Waals surface area (Å²) in [5.74, 6) is -0.131. The van der Waals surface area contributed by atoms with Crippen molar-refractivity contribution in [2.45, 2.75) is 20.8 Å². The van der Waals surface area contributed by atoms with E-state index in [2.05, 4.69) is 16.3 Å². The number of carbonyl (C=O) groups excluding carboxylic acids is 1. The molecule has 1 aromatic carbocycles. The lowest BCUT2D eigenvalue weighted by atomic mass is 10.1. The number of rotatable bonds is 2. The molecule has 0 atom stereocenters. The van der Waals surface area contributed by atoms with Crippen LogP contribution in [0.2, 0.25) is 0 Å². The van der Waals surface area contributed by atoms with Gasteiger partial charge >= 0.3 is 0 Å². The second-order valence-electron chi connectivity index (χ2n) is 4.91. The van der Waals surface area contributed by atoms with Crippen molar-refractivity contribution < 1.29 is 4.79 Å². The van der Waals surface area contributed by atoms with Crippen LogP contribution in [0.4, 0.5) is 0 Å². The SMILES string of the molecule is Cc1ccc(-n2nc(C)c(C(=O)N(C)C)n2)c(C)c1. The molecule has 0 saturated carbocycles. The van der Waals surface area contributed by atoms with Crippen LogP contribution >= 0.6 is 0 Å². The number of carbonyl (C=O) groups is 1. The quantitative estimate of drug-likeness (QED) is 0.826. The molecule has 2 rings (SSSR count). The van der Waals surface area contributed by atoms with Crippen molar-refractivity contribution >= 4 is 5.91 Å². The average molecular weight is 258 g/mol.